The van der Waals surface area contributed by atoms with Crippen LogP contribution in [-0.2, 0) is 0 Å². The van der Waals surface area contributed by atoms with Crippen LogP contribution in [0, 0.1) is 38.0 Å². The fourth-order valence-corrected chi connectivity index (χ4v) is 3.32. The molecule has 2 aromatic rings. The number of hydrogen-bond donors (Lipinski definition) is 0. The molecule has 5 heteroatoms. The summed E-state index contributed by atoms with van der Waals surface area (Å²) >= 11 is 0. The maximum absolute atomic E-state index is 9.46. The van der Waals surface area contributed by atoms with Gasteiger partial charge in [0.25, 0.3) is 0 Å². The molecule has 1 fully saturated rings. The molecule has 130 valence electrons. The van der Waals surface area contributed by atoms with Gasteiger partial charge < -0.3 is 9.64 Å². The van der Waals surface area contributed by atoms with Crippen LogP contribution in [0.3, 0.4) is 0 Å². The smallest absolute Gasteiger partial charge is 0.147 e. The molecule has 1 aliphatic heterocycles. The van der Waals surface area contributed by atoms with Crippen molar-refractivity contribution in [2.24, 2.45) is 5.92 Å². The van der Waals surface area contributed by atoms with Gasteiger partial charge in [0, 0.05) is 36.7 Å². The SMILES string of the molecule is Cc1cc(OCC2CCN(c3nc(C)cc(C)c3C#N)CC2)ccn1. The molecule has 0 saturated carbocycles. The Balaban J connectivity index is 1.60. The van der Waals surface area contributed by atoms with Gasteiger partial charge in [0.05, 0.1) is 12.2 Å². The van der Waals surface area contributed by atoms with Crippen molar-refractivity contribution in [3.8, 4) is 11.8 Å². The molecule has 2 aromatic heterocycles. The molecule has 0 N–H and O–H groups in total. The van der Waals surface area contributed by atoms with Crippen molar-refractivity contribution in [1.29, 1.82) is 5.26 Å². The lowest BCUT2D eigenvalue weighted by Crippen LogP contribution is -2.36. The number of piperidine rings is 1. The van der Waals surface area contributed by atoms with Crippen LogP contribution in [0.2, 0.25) is 0 Å². The van der Waals surface area contributed by atoms with E-state index in [-0.39, 0.29) is 0 Å². The highest BCUT2D eigenvalue weighted by Gasteiger charge is 2.23. The van der Waals surface area contributed by atoms with Crippen molar-refractivity contribution in [2.45, 2.75) is 33.6 Å². The number of anilines is 1. The lowest BCUT2D eigenvalue weighted by molar-refractivity contribution is 0.222. The molecule has 3 heterocycles. The molecule has 0 bridgehead atoms. The van der Waals surface area contributed by atoms with Crippen molar-refractivity contribution in [1.82, 2.24) is 9.97 Å². The third-order valence-corrected chi connectivity index (χ3v) is 4.71. The number of aryl methyl sites for hydroxylation is 3. The quantitative estimate of drug-likeness (QED) is 0.854. The van der Waals surface area contributed by atoms with Crippen LogP contribution in [-0.4, -0.2) is 29.7 Å². The Bertz CT molecular complexity index is 789. The summed E-state index contributed by atoms with van der Waals surface area (Å²) < 4.78 is 5.92. The van der Waals surface area contributed by atoms with Crippen molar-refractivity contribution in [3.05, 3.63) is 46.9 Å². The highest BCUT2D eigenvalue weighted by atomic mass is 16.5. The molecule has 5 nitrogen and oxygen atoms in total. The van der Waals surface area contributed by atoms with E-state index in [1.165, 1.54) is 0 Å². The summed E-state index contributed by atoms with van der Waals surface area (Å²) in [4.78, 5) is 11.1. The predicted octanol–water partition coefficient (Wildman–Crippen LogP) is 3.57. The molecule has 0 radical (unpaired) electrons. The lowest BCUT2D eigenvalue weighted by Gasteiger charge is -2.33. The predicted molar refractivity (Wildman–Crippen MR) is 97.8 cm³/mol. The molecule has 0 aromatic carbocycles. The molecule has 0 spiro atoms. The van der Waals surface area contributed by atoms with Crippen LogP contribution in [0.1, 0.15) is 35.4 Å². The Kier molecular flexibility index (Phi) is 5.18. The van der Waals surface area contributed by atoms with E-state index in [4.69, 9.17) is 4.74 Å². The summed E-state index contributed by atoms with van der Waals surface area (Å²) in [6.45, 7) is 8.47. The first kappa shape index (κ1) is 17.2. The summed E-state index contributed by atoms with van der Waals surface area (Å²) in [5.41, 5.74) is 3.64. The second-order valence-corrected chi connectivity index (χ2v) is 6.77. The van der Waals surface area contributed by atoms with Crippen LogP contribution in [0.25, 0.3) is 0 Å². The van der Waals surface area contributed by atoms with E-state index in [0.29, 0.717) is 11.5 Å². The van der Waals surface area contributed by atoms with Gasteiger partial charge in [-0.05, 0) is 57.2 Å². The van der Waals surface area contributed by atoms with Crippen LogP contribution in [0.4, 0.5) is 5.82 Å². The maximum atomic E-state index is 9.46. The largest absolute Gasteiger partial charge is 0.493 e. The highest BCUT2D eigenvalue weighted by Crippen LogP contribution is 2.27. The molecule has 0 amide bonds. The zero-order chi connectivity index (χ0) is 17.8. The molecule has 3 rings (SSSR count). The minimum atomic E-state index is 0.529. The van der Waals surface area contributed by atoms with Gasteiger partial charge in [-0.1, -0.05) is 0 Å². The lowest BCUT2D eigenvalue weighted by atomic mass is 9.97. The number of hydrogen-bond acceptors (Lipinski definition) is 5. The maximum Gasteiger partial charge on any atom is 0.147 e. The topological polar surface area (TPSA) is 62.0 Å². The second kappa shape index (κ2) is 7.52. The van der Waals surface area contributed by atoms with E-state index < -0.39 is 0 Å². The van der Waals surface area contributed by atoms with E-state index >= 15 is 0 Å². The van der Waals surface area contributed by atoms with Crippen molar-refractivity contribution < 1.29 is 4.74 Å². The van der Waals surface area contributed by atoms with Crippen LogP contribution < -0.4 is 9.64 Å². The van der Waals surface area contributed by atoms with E-state index in [1.807, 2.05) is 39.0 Å². The molecule has 0 unspecified atom stereocenters. The van der Waals surface area contributed by atoms with Gasteiger partial charge in [-0.25, -0.2) is 4.98 Å². The number of rotatable bonds is 4. The third kappa shape index (κ3) is 4.08. The number of ether oxygens (including phenoxy) is 1. The van der Waals surface area contributed by atoms with Crippen LogP contribution in [0.5, 0.6) is 5.75 Å². The monoisotopic (exact) mass is 336 g/mol. The van der Waals surface area contributed by atoms with Gasteiger partial charge in [-0.2, -0.15) is 5.26 Å². The van der Waals surface area contributed by atoms with Crippen molar-refractivity contribution in [3.63, 3.8) is 0 Å². The zero-order valence-electron chi connectivity index (χ0n) is 15.1. The van der Waals surface area contributed by atoms with Crippen molar-refractivity contribution >= 4 is 5.82 Å². The summed E-state index contributed by atoms with van der Waals surface area (Å²) in [5, 5.41) is 9.46. The Hall–Kier alpha value is -2.61. The van der Waals surface area contributed by atoms with Gasteiger partial charge in [0.2, 0.25) is 0 Å². The number of nitrogens with zero attached hydrogens (tertiary/aromatic N) is 4. The first-order valence-electron chi connectivity index (χ1n) is 8.75. The van der Waals surface area contributed by atoms with Gasteiger partial charge in [0.15, 0.2) is 0 Å². The Morgan fingerprint density at radius 2 is 1.96 bits per heavy atom. The van der Waals surface area contributed by atoms with E-state index in [2.05, 4.69) is 20.9 Å². The Morgan fingerprint density at radius 1 is 1.20 bits per heavy atom. The van der Waals surface area contributed by atoms with E-state index in [1.54, 1.807) is 6.20 Å². The standard InChI is InChI=1S/C20H24N4O/c1-14-10-16(3)23-20(19(14)12-21)24-8-5-17(6-9-24)13-25-18-4-7-22-15(2)11-18/h4,7,10-11,17H,5-6,8-9,13H2,1-3H3. The van der Waals surface area contributed by atoms with Crippen LogP contribution >= 0.6 is 0 Å². The number of pyridine rings is 2. The fraction of sp³-hybridized carbons (Fsp3) is 0.450. The van der Waals surface area contributed by atoms with Gasteiger partial charge in [-0.15, -0.1) is 0 Å². The average Bonchev–Trinajstić information content (AvgIpc) is 2.60. The highest BCUT2D eigenvalue weighted by molar-refractivity contribution is 5.58. The van der Waals surface area contributed by atoms with Crippen molar-refractivity contribution in [2.75, 3.05) is 24.6 Å². The average molecular weight is 336 g/mol. The van der Waals surface area contributed by atoms with Gasteiger partial charge in [0.1, 0.15) is 17.6 Å². The molecule has 1 aliphatic rings. The molecular weight excluding hydrogens is 312 g/mol. The van der Waals surface area contributed by atoms with Gasteiger partial charge in [-0.3, -0.25) is 4.98 Å². The first-order chi connectivity index (χ1) is 12.1. The summed E-state index contributed by atoms with van der Waals surface area (Å²) in [7, 11) is 0. The summed E-state index contributed by atoms with van der Waals surface area (Å²) in [5.74, 6) is 2.25. The molecular formula is C20H24N4O. The minimum Gasteiger partial charge on any atom is -0.493 e. The molecule has 0 atom stereocenters. The first-order valence-corrected chi connectivity index (χ1v) is 8.75. The molecule has 1 saturated heterocycles. The summed E-state index contributed by atoms with van der Waals surface area (Å²) in [6.07, 6.45) is 3.87. The van der Waals surface area contributed by atoms with E-state index in [0.717, 1.165) is 61.1 Å². The minimum absolute atomic E-state index is 0.529. The Morgan fingerprint density at radius 3 is 2.64 bits per heavy atom. The zero-order valence-corrected chi connectivity index (χ0v) is 15.1. The van der Waals surface area contributed by atoms with Crippen LogP contribution in [0.15, 0.2) is 24.4 Å². The second-order valence-electron chi connectivity index (χ2n) is 6.77. The van der Waals surface area contributed by atoms with Gasteiger partial charge >= 0.3 is 0 Å². The number of aromatic nitrogens is 2. The number of nitriles is 1. The normalized spacial score (nSPS) is 15.0. The summed E-state index contributed by atoms with van der Waals surface area (Å²) in [6, 6.07) is 8.16. The fourth-order valence-electron chi connectivity index (χ4n) is 3.32. The van der Waals surface area contributed by atoms with E-state index in [9.17, 15) is 5.26 Å². The molecule has 25 heavy (non-hydrogen) atoms. The Labute approximate surface area is 149 Å². The molecule has 0 aliphatic carbocycles. The third-order valence-electron chi connectivity index (χ3n) is 4.71.